The maximum Gasteiger partial charge on any atom is 0.257 e. The third-order valence-corrected chi connectivity index (χ3v) is 21.3. The van der Waals surface area contributed by atoms with Gasteiger partial charge in [0.1, 0.15) is 0 Å². The Hall–Kier alpha value is -15.0. The quantitative estimate of drug-likeness (QED) is 0.0312. The minimum atomic E-state index is -0.413. The molecular weight excluding hydrogens is 1810 g/mol. The Labute approximate surface area is 784 Å². The molecule has 0 radical (unpaired) electrons. The van der Waals surface area contributed by atoms with Crippen molar-refractivity contribution in [3.63, 3.8) is 0 Å². The zero-order valence-corrected chi connectivity index (χ0v) is 73.7. The second kappa shape index (κ2) is 45.5. The Morgan fingerprint density at radius 3 is 0.846 bits per heavy atom. The zero-order chi connectivity index (χ0) is 91.4. The van der Waals surface area contributed by atoms with Gasteiger partial charge >= 0.3 is 0 Å². The molecule has 8 aromatic carbocycles. The number of carbonyl (C=O) groups excluding carboxylic acids is 8. The minimum Gasteiger partial charge on any atom is -0.348 e. The molecule has 0 aliphatic rings. The van der Waals surface area contributed by atoms with Crippen LogP contribution in [0, 0.1) is 0 Å². The number of benzene rings is 8. The summed E-state index contributed by atoms with van der Waals surface area (Å²) in [7, 11) is 0. The second-order valence-electron chi connectivity index (χ2n) is 27.7. The van der Waals surface area contributed by atoms with Gasteiger partial charge in [0, 0.05) is 141 Å². The predicted molar refractivity (Wildman–Crippen MR) is 512 cm³/mol. The van der Waals surface area contributed by atoms with E-state index < -0.39 is 23.6 Å². The summed E-state index contributed by atoms with van der Waals surface area (Å²) in [5, 5.41) is 25.0. The van der Waals surface area contributed by atoms with Crippen LogP contribution in [0.3, 0.4) is 0 Å². The van der Waals surface area contributed by atoms with Gasteiger partial charge in [-0.05, 0) is 242 Å². The largest absolute Gasteiger partial charge is 0.348 e. The molecule has 8 heterocycles. The summed E-state index contributed by atoms with van der Waals surface area (Å²) in [6, 6.07) is 76.5. The molecule has 0 atom stereocenters. The molecule has 644 valence electrons. The summed E-state index contributed by atoms with van der Waals surface area (Å²) in [5.41, 5.74) is 12.8. The normalized spacial score (nSPS) is 10.5. The first kappa shape index (κ1) is 92.7. The second-order valence-corrected chi connectivity index (χ2v) is 30.9. The lowest BCUT2D eigenvalue weighted by Crippen LogP contribution is -2.23. The molecule has 8 aromatic heterocycles. The van der Waals surface area contributed by atoms with Gasteiger partial charge in [-0.1, -0.05) is 129 Å². The summed E-state index contributed by atoms with van der Waals surface area (Å²) in [6.07, 6.45) is 18.0. The number of hydrogen-bond acceptors (Lipinski definition) is 16. The smallest absolute Gasteiger partial charge is 0.257 e. The molecule has 0 unspecified atom stereocenters. The minimum absolute atomic E-state index is 0.153. The van der Waals surface area contributed by atoms with Crippen LogP contribution in [0.25, 0.3) is 45.0 Å². The molecule has 130 heavy (non-hydrogen) atoms. The fraction of sp³-hybridized carbons (Fsp3) is 0.0204. The Morgan fingerprint density at radius 2 is 0.538 bits per heavy atom. The Bertz CT molecular complexity index is 6380. The standard InChI is InChI=1S/2C25H18Cl2N4O2.2C24H16Cl2N4O2/c26-21-10-8-17(14-20(21)23-6-2-4-12-29-23)31-25(33)19-9-7-16(13-22(19)27)24(32)30-15-18-5-1-3-11-28-18;26-21-9-7-18(13-20(21)23-5-1-2-11-29-23)31-25(33)19-8-6-17(12-22(19)27)24(32)30-15-16-4-3-10-28-14-16;25-20-9-7-16(13-19(20)22-5-1-2-11-28-22)29-24(32)18-8-6-15(12-21(18)26)23(31)30-17-4-3-10-27-14-17;25-20-7-5-17(14-19(20)22-3-1-2-10-28-22)30-24(32)18-6-4-15(13-21(18)26)23(31)29-16-8-11-27-12-9-16/h2*1-14H,15H2,(H,30,32)(H,31,33);1-14H,(H,29,32)(H,30,31);1-14H,(H,30,32)(H,27,29,31). The Kier molecular flexibility index (Phi) is 32.4. The number of nitrogens with one attached hydrogen (secondary N) is 8. The van der Waals surface area contributed by atoms with Gasteiger partial charge in [-0.15, -0.1) is 0 Å². The molecule has 8 amide bonds. The molecule has 0 aliphatic heterocycles. The highest BCUT2D eigenvalue weighted by Crippen LogP contribution is 2.36. The molecule has 0 fully saturated rings. The van der Waals surface area contributed by atoms with Crippen molar-refractivity contribution in [2.45, 2.75) is 13.1 Å². The van der Waals surface area contributed by atoms with E-state index in [0.717, 1.165) is 11.3 Å². The summed E-state index contributed by atoms with van der Waals surface area (Å²) in [5.74, 6) is -2.95. The molecule has 24 nitrogen and oxygen atoms in total. The van der Waals surface area contributed by atoms with Crippen molar-refractivity contribution in [1.82, 2.24) is 50.5 Å². The highest BCUT2D eigenvalue weighted by atomic mass is 35.5. The van der Waals surface area contributed by atoms with E-state index in [-0.39, 0.29) is 72.5 Å². The fourth-order valence-electron chi connectivity index (χ4n) is 12.3. The van der Waals surface area contributed by atoms with E-state index >= 15 is 0 Å². The summed E-state index contributed by atoms with van der Waals surface area (Å²) in [6.45, 7) is 0.621. The van der Waals surface area contributed by atoms with Crippen LogP contribution in [-0.2, 0) is 13.1 Å². The lowest BCUT2D eigenvalue weighted by Gasteiger charge is -2.11. The van der Waals surface area contributed by atoms with E-state index in [9.17, 15) is 38.4 Å². The average Bonchev–Trinajstić information content (AvgIpc) is 0.822. The fourth-order valence-corrected chi connectivity index (χ4v) is 14.2. The van der Waals surface area contributed by atoms with Crippen molar-refractivity contribution in [1.29, 1.82) is 0 Å². The average molecular weight is 1880 g/mol. The number of amides is 8. The van der Waals surface area contributed by atoms with Crippen LogP contribution in [0.1, 0.15) is 94.1 Å². The third kappa shape index (κ3) is 25.7. The molecule has 0 aliphatic carbocycles. The number of hydrogen-bond donors (Lipinski definition) is 8. The number of carbonyl (C=O) groups is 8. The molecule has 16 aromatic rings. The molecule has 32 heteroatoms. The van der Waals surface area contributed by atoms with Gasteiger partial charge in [-0.25, -0.2) is 0 Å². The van der Waals surface area contributed by atoms with Gasteiger partial charge in [-0.2, -0.15) is 0 Å². The summed E-state index contributed by atoms with van der Waals surface area (Å²) < 4.78 is 0. The lowest BCUT2D eigenvalue weighted by molar-refractivity contribution is 0.0942. The van der Waals surface area contributed by atoms with Gasteiger partial charge in [0.05, 0.1) is 109 Å². The SMILES string of the molecule is O=C(NCc1ccccn1)c1ccc(C(=O)Nc2ccc(Cl)c(-c3ccccn3)c2)c(Cl)c1.O=C(NCc1cccnc1)c1ccc(C(=O)Nc2ccc(Cl)c(-c3ccccn3)c2)c(Cl)c1.O=C(Nc1cccnc1)c1ccc(C(=O)Nc2ccc(Cl)c(-c3ccccn3)c2)c(Cl)c1.O=C(Nc1ccncc1)c1ccc(C(=O)Nc2ccc(Cl)c(-c3ccccn3)c2)c(Cl)c1. The van der Waals surface area contributed by atoms with E-state index in [2.05, 4.69) is 82.4 Å². The molecule has 8 N–H and O–H groups in total. The van der Waals surface area contributed by atoms with Crippen LogP contribution >= 0.6 is 92.8 Å². The van der Waals surface area contributed by atoms with Gasteiger partial charge < -0.3 is 42.5 Å². The van der Waals surface area contributed by atoms with Gasteiger partial charge in [0.2, 0.25) is 0 Å². The molecular formula is C98H68Cl8N16O8. The van der Waals surface area contributed by atoms with E-state index in [0.29, 0.717) is 128 Å². The first-order chi connectivity index (χ1) is 63.0. The van der Waals surface area contributed by atoms with E-state index in [4.69, 9.17) is 92.8 Å². The van der Waals surface area contributed by atoms with Crippen LogP contribution < -0.4 is 42.5 Å². The van der Waals surface area contributed by atoms with Gasteiger partial charge in [-0.3, -0.25) is 78.2 Å². The van der Waals surface area contributed by atoms with E-state index in [1.165, 1.54) is 60.8 Å². The summed E-state index contributed by atoms with van der Waals surface area (Å²) in [4.78, 5) is 134. The first-order valence-corrected chi connectivity index (χ1v) is 42.1. The predicted octanol–water partition coefficient (Wildman–Crippen LogP) is 23.2. The van der Waals surface area contributed by atoms with Crippen molar-refractivity contribution in [2.75, 3.05) is 31.9 Å². The highest BCUT2D eigenvalue weighted by Gasteiger charge is 2.22. The third-order valence-electron chi connectivity index (χ3n) is 18.8. The van der Waals surface area contributed by atoms with Gasteiger partial charge in [0.15, 0.2) is 0 Å². The monoisotopic (exact) mass is 1880 g/mol. The van der Waals surface area contributed by atoms with E-state index in [1.54, 1.807) is 189 Å². The first-order valence-electron chi connectivity index (χ1n) is 39.1. The molecule has 0 saturated heterocycles. The summed E-state index contributed by atoms with van der Waals surface area (Å²) >= 11 is 50.5. The highest BCUT2D eigenvalue weighted by molar-refractivity contribution is 6.38. The number of pyridine rings is 8. The van der Waals surface area contributed by atoms with Crippen LogP contribution in [0.2, 0.25) is 40.2 Å². The van der Waals surface area contributed by atoms with Crippen molar-refractivity contribution >= 4 is 174 Å². The Morgan fingerprint density at radius 1 is 0.223 bits per heavy atom. The number of nitrogens with zero attached hydrogens (tertiary/aromatic N) is 8. The van der Waals surface area contributed by atoms with Crippen molar-refractivity contribution in [2.24, 2.45) is 0 Å². The Balaban J connectivity index is 0.000000148. The van der Waals surface area contributed by atoms with Gasteiger partial charge in [0.25, 0.3) is 47.3 Å². The maximum absolute atomic E-state index is 12.8. The number of aromatic nitrogens is 8. The molecule has 16 rings (SSSR count). The van der Waals surface area contributed by atoms with Crippen molar-refractivity contribution in [3.05, 3.63) is 437 Å². The lowest BCUT2D eigenvalue weighted by atomic mass is 10.1. The molecule has 0 saturated carbocycles. The van der Waals surface area contributed by atoms with Crippen molar-refractivity contribution < 1.29 is 38.4 Å². The van der Waals surface area contributed by atoms with Crippen LogP contribution in [0.5, 0.6) is 0 Å². The van der Waals surface area contributed by atoms with E-state index in [1.807, 2.05) is 91.0 Å². The number of rotatable bonds is 22. The van der Waals surface area contributed by atoms with Crippen molar-refractivity contribution in [3.8, 4) is 45.0 Å². The zero-order valence-electron chi connectivity index (χ0n) is 67.6. The van der Waals surface area contributed by atoms with Crippen LogP contribution in [-0.4, -0.2) is 87.1 Å². The number of halogens is 8. The van der Waals surface area contributed by atoms with Crippen LogP contribution in [0.15, 0.2) is 341 Å². The van der Waals surface area contributed by atoms with Crippen LogP contribution in [0.4, 0.5) is 34.1 Å². The molecule has 0 bridgehead atoms. The topological polar surface area (TPSA) is 336 Å². The molecule has 0 spiro atoms. The maximum atomic E-state index is 12.8. The number of anilines is 6.